The molecule has 0 aliphatic heterocycles. The maximum Gasteiger partial charge on any atom is 0.291 e. The maximum absolute atomic E-state index is 12.8. The van der Waals surface area contributed by atoms with Gasteiger partial charge in [0.25, 0.3) is 5.91 Å². The van der Waals surface area contributed by atoms with Gasteiger partial charge in [-0.1, -0.05) is 78.9 Å². The Balaban J connectivity index is 1.53. The first-order chi connectivity index (χ1) is 16.2. The van der Waals surface area contributed by atoms with Crippen LogP contribution in [-0.4, -0.2) is 21.9 Å². The fourth-order valence-corrected chi connectivity index (χ4v) is 3.76. The largest absolute Gasteiger partial charge is 0.291 e. The molecule has 0 atom stereocenters. The monoisotopic (exact) mass is 430 g/mol. The molecule has 1 heterocycles. The number of carbonyl (C=O) groups excluding carboxylic acids is 1. The van der Waals surface area contributed by atoms with Crippen LogP contribution in [0.5, 0.6) is 0 Å². The van der Waals surface area contributed by atoms with Gasteiger partial charge in [0, 0.05) is 5.56 Å². The van der Waals surface area contributed by atoms with E-state index in [9.17, 15) is 4.79 Å². The molecule has 0 unspecified atom stereocenters. The molecular weight excluding hydrogens is 408 g/mol. The van der Waals surface area contributed by atoms with Crippen LogP contribution in [0.2, 0.25) is 0 Å². The quantitative estimate of drug-likeness (QED) is 0.284. The number of amides is 1. The molecule has 1 aromatic heterocycles. The summed E-state index contributed by atoms with van der Waals surface area (Å²) in [5.41, 5.74) is 7.61. The number of hydrogen-bond acceptors (Lipinski definition) is 3. The Morgan fingerprint density at radius 3 is 2.45 bits per heavy atom. The first kappa shape index (κ1) is 20.4. The summed E-state index contributed by atoms with van der Waals surface area (Å²) in [5.74, 6) is -0.365. The molecule has 0 radical (unpaired) electrons. The molecule has 4 aromatic carbocycles. The highest BCUT2D eigenvalue weighted by molar-refractivity contribution is 5.95. The summed E-state index contributed by atoms with van der Waals surface area (Å²) in [6.07, 6.45) is 1.61. The Kier molecular flexibility index (Phi) is 5.52. The van der Waals surface area contributed by atoms with Crippen LogP contribution in [0.3, 0.4) is 0 Å². The van der Waals surface area contributed by atoms with Crippen molar-refractivity contribution in [1.29, 1.82) is 0 Å². The van der Waals surface area contributed by atoms with Crippen molar-refractivity contribution in [2.75, 3.05) is 0 Å². The zero-order valence-electron chi connectivity index (χ0n) is 18.1. The standard InChI is InChI=1S/C28H22N4O/c1-20-8-7-13-25(16-20)32-27(24-15-14-22-11-5-6-12-23(22)17-24)18-26(31-32)28(33)30-29-19-21-9-3-2-4-10-21/h2-19H,1H3,(H,30,33)/b29-19-. The Bertz CT molecular complexity index is 1470. The van der Waals surface area contributed by atoms with Gasteiger partial charge in [0.15, 0.2) is 5.69 Å². The van der Waals surface area contributed by atoms with Crippen LogP contribution < -0.4 is 5.43 Å². The summed E-state index contributed by atoms with van der Waals surface area (Å²) >= 11 is 0. The summed E-state index contributed by atoms with van der Waals surface area (Å²) in [6.45, 7) is 2.04. The van der Waals surface area contributed by atoms with Gasteiger partial charge < -0.3 is 0 Å². The van der Waals surface area contributed by atoms with Gasteiger partial charge in [0.2, 0.25) is 0 Å². The third kappa shape index (κ3) is 4.43. The molecule has 0 saturated carbocycles. The first-order valence-electron chi connectivity index (χ1n) is 10.7. The van der Waals surface area contributed by atoms with Gasteiger partial charge in [-0.2, -0.15) is 10.2 Å². The number of hydrazone groups is 1. The number of carbonyl (C=O) groups is 1. The van der Waals surface area contributed by atoms with E-state index in [4.69, 9.17) is 0 Å². The fraction of sp³-hybridized carbons (Fsp3) is 0.0357. The Hall–Kier alpha value is -4.51. The molecular formula is C28H22N4O. The Morgan fingerprint density at radius 2 is 1.64 bits per heavy atom. The summed E-state index contributed by atoms with van der Waals surface area (Å²) < 4.78 is 1.81. The molecule has 160 valence electrons. The van der Waals surface area contributed by atoms with Crippen LogP contribution in [0.25, 0.3) is 27.7 Å². The molecule has 1 amide bonds. The fourth-order valence-electron chi connectivity index (χ4n) is 3.76. The summed E-state index contributed by atoms with van der Waals surface area (Å²) in [4.78, 5) is 12.8. The van der Waals surface area contributed by atoms with Gasteiger partial charge in [0.05, 0.1) is 17.6 Å². The molecule has 5 aromatic rings. The molecule has 0 fully saturated rings. The van der Waals surface area contributed by atoms with E-state index in [1.165, 1.54) is 0 Å². The van der Waals surface area contributed by atoms with E-state index in [0.717, 1.165) is 38.8 Å². The van der Waals surface area contributed by atoms with Crippen molar-refractivity contribution in [3.63, 3.8) is 0 Å². The smallest absolute Gasteiger partial charge is 0.265 e. The lowest BCUT2D eigenvalue weighted by atomic mass is 10.0. The van der Waals surface area contributed by atoms with Crippen LogP contribution in [0.15, 0.2) is 108 Å². The molecule has 0 saturated heterocycles. The van der Waals surface area contributed by atoms with E-state index in [-0.39, 0.29) is 5.91 Å². The summed E-state index contributed by atoms with van der Waals surface area (Å²) in [7, 11) is 0. The van der Waals surface area contributed by atoms with Gasteiger partial charge in [0.1, 0.15) is 0 Å². The number of rotatable bonds is 5. The molecule has 0 aliphatic carbocycles. The minimum absolute atomic E-state index is 0.296. The van der Waals surface area contributed by atoms with Crippen LogP contribution in [0.4, 0.5) is 0 Å². The Labute approximate surface area is 192 Å². The number of aromatic nitrogens is 2. The maximum atomic E-state index is 12.8. The highest BCUT2D eigenvalue weighted by Gasteiger charge is 2.17. The zero-order chi connectivity index (χ0) is 22.6. The van der Waals surface area contributed by atoms with Crippen molar-refractivity contribution in [2.45, 2.75) is 6.92 Å². The summed E-state index contributed by atoms with van der Waals surface area (Å²) in [6, 6.07) is 33.9. The number of nitrogens with zero attached hydrogens (tertiary/aromatic N) is 3. The highest BCUT2D eigenvalue weighted by Crippen LogP contribution is 2.28. The van der Waals surface area contributed by atoms with Gasteiger partial charge >= 0.3 is 0 Å². The second-order valence-electron chi connectivity index (χ2n) is 7.84. The third-order valence-corrected chi connectivity index (χ3v) is 5.41. The van der Waals surface area contributed by atoms with E-state index < -0.39 is 0 Å². The number of nitrogens with one attached hydrogen (secondary N) is 1. The zero-order valence-corrected chi connectivity index (χ0v) is 18.1. The molecule has 0 spiro atoms. The van der Waals surface area contributed by atoms with Crippen LogP contribution in [-0.2, 0) is 0 Å². The van der Waals surface area contributed by atoms with Crippen molar-refractivity contribution < 1.29 is 4.79 Å². The van der Waals surface area contributed by atoms with E-state index in [1.54, 1.807) is 12.3 Å². The van der Waals surface area contributed by atoms with E-state index in [2.05, 4.69) is 46.0 Å². The average Bonchev–Trinajstić information content (AvgIpc) is 3.30. The van der Waals surface area contributed by atoms with Crippen LogP contribution in [0.1, 0.15) is 21.6 Å². The summed E-state index contributed by atoms with van der Waals surface area (Å²) in [5, 5.41) is 11.0. The van der Waals surface area contributed by atoms with E-state index in [0.29, 0.717) is 5.69 Å². The van der Waals surface area contributed by atoms with Crippen LogP contribution in [0, 0.1) is 6.92 Å². The number of benzene rings is 4. The average molecular weight is 431 g/mol. The van der Waals surface area contributed by atoms with Gasteiger partial charge in [-0.05, 0) is 53.1 Å². The third-order valence-electron chi connectivity index (χ3n) is 5.41. The SMILES string of the molecule is Cc1cccc(-n2nc(C(=O)N/N=C\c3ccccc3)cc2-c2ccc3ccccc3c2)c1. The number of hydrogen-bond donors (Lipinski definition) is 1. The van der Waals surface area contributed by atoms with Gasteiger partial charge in [-0.25, -0.2) is 10.1 Å². The van der Waals surface area contributed by atoms with E-state index >= 15 is 0 Å². The predicted octanol–water partition coefficient (Wildman–Crippen LogP) is 5.76. The number of aryl methyl sites for hydroxylation is 1. The molecule has 0 bridgehead atoms. The molecule has 33 heavy (non-hydrogen) atoms. The second-order valence-corrected chi connectivity index (χ2v) is 7.84. The lowest BCUT2D eigenvalue weighted by Crippen LogP contribution is -2.18. The lowest BCUT2D eigenvalue weighted by Gasteiger charge is -2.09. The number of fused-ring (bicyclic) bond motifs is 1. The van der Waals surface area contributed by atoms with E-state index in [1.807, 2.05) is 78.3 Å². The van der Waals surface area contributed by atoms with Crippen molar-refractivity contribution in [3.05, 3.63) is 120 Å². The lowest BCUT2D eigenvalue weighted by molar-refractivity contribution is 0.0949. The highest BCUT2D eigenvalue weighted by atomic mass is 16.2. The second kappa shape index (κ2) is 8.93. The first-order valence-corrected chi connectivity index (χ1v) is 10.7. The predicted molar refractivity (Wildman–Crippen MR) is 133 cm³/mol. The van der Waals surface area contributed by atoms with Crippen molar-refractivity contribution in [2.24, 2.45) is 5.10 Å². The van der Waals surface area contributed by atoms with Crippen molar-refractivity contribution in [3.8, 4) is 16.9 Å². The minimum Gasteiger partial charge on any atom is -0.265 e. The molecule has 5 heteroatoms. The molecule has 0 aliphatic rings. The Morgan fingerprint density at radius 1 is 0.848 bits per heavy atom. The van der Waals surface area contributed by atoms with Crippen molar-refractivity contribution in [1.82, 2.24) is 15.2 Å². The molecule has 1 N–H and O–H groups in total. The topological polar surface area (TPSA) is 59.3 Å². The van der Waals surface area contributed by atoms with Crippen LogP contribution >= 0.6 is 0 Å². The van der Waals surface area contributed by atoms with Gasteiger partial charge in [-0.3, -0.25) is 4.79 Å². The minimum atomic E-state index is -0.365. The molecule has 5 nitrogen and oxygen atoms in total. The normalized spacial score (nSPS) is 11.2. The molecule has 5 rings (SSSR count). The van der Waals surface area contributed by atoms with Gasteiger partial charge in [-0.15, -0.1) is 0 Å². The van der Waals surface area contributed by atoms with Crippen molar-refractivity contribution >= 4 is 22.9 Å².